The molecule has 12 fully saturated rings. The third-order valence-electron chi connectivity index (χ3n) is 27.9. The van der Waals surface area contributed by atoms with Crippen LogP contribution in [0.25, 0.3) is 31.3 Å². The second kappa shape index (κ2) is 21.3. The molecule has 24 unspecified atom stereocenters. The second-order valence-corrected chi connectivity index (χ2v) is 29.7. The van der Waals surface area contributed by atoms with E-state index in [2.05, 4.69) is 99.8 Å². The Hall–Kier alpha value is -2.41. The first-order chi connectivity index (χ1) is 35.4. The van der Waals surface area contributed by atoms with E-state index >= 15 is 0 Å². The van der Waals surface area contributed by atoms with Crippen molar-refractivity contribution >= 4 is 27.7 Å². The van der Waals surface area contributed by atoms with Crippen molar-refractivity contribution in [2.24, 2.45) is 119 Å². The maximum absolute atomic E-state index is 11.3. The lowest BCUT2D eigenvalue weighted by Crippen LogP contribution is -2.53. The Morgan fingerprint density at radius 2 is 0.689 bits per heavy atom. The number of rotatable bonds is 7. The molecule has 12 aliphatic rings. The summed E-state index contributed by atoms with van der Waals surface area (Å²) in [6, 6.07) is 0.734. The zero-order valence-corrected chi connectivity index (χ0v) is 47.6. The fourth-order valence-electron chi connectivity index (χ4n) is 23.9. The summed E-state index contributed by atoms with van der Waals surface area (Å²) >= 11 is 0. The van der Waals surface area contributed by atoms with E-state index in [1.54, 1.807) is 7.28 Å². The fourth-order valence-corrected chi connectivity index (χ4v) is 23.9. The van der Waals surface area contributed by atoms with E-state index < -0.39 is 5.87 Å². The van der Waals surface area contributed by atoms with Gasteiger partial charge >= 0.3 is 0 Å². The van der Waals surface area contributed by atoms with Crippen molar-refractivity contribution in [1.82, 2.24) is 0 Å². The molecule has 12 saturated carbocycles. The van der Waals surface area contributed by atoms with E-state index in [9.17, 15) is 9.90 Å². The molecule has 3 radical (unpaired) electrons. The van der Waals surface area contributed by atoms with Crippen molar-refractivity contribution in [3.8, 4) is 0 Å². The number of carboxylic acid groups (broad SMARTS) is 1. The van der Waals surface area contributed by atoms with E-state index in [0.717, 1.165) is 116 Å². The number of hydrogen-bond acceptors (Lipinski definition) is 4. The quantitative estimate of drug-likeness (QED) is 0.115. The molecule has 11 nitrogen and oxygen atoms in total. The van der Waals surface area contributed by atoms with Gasteiger partial charge in [-0.3, -0.25) is 4.79 Å². The normalized spacial score (nSPS) is 52.1. The maximum atomic E-state index is 11.3. The number of nitrogens with zero attached hydrogens (tertiary/aromatic N) is 9. The van der Waals surface area contributed by atoms with Gasteiger partial charge in [-0.2, -0.15) is 0 Å². The molecule has 0 aromatic rings. The van der Waals surface area contributed by atoms with Crippen LogP contribution in [0.4, 0.5) is 4.79 Å². The minimum Gasteiger partial charge on any atom is -0.490 e. The average Bonchev–Trinajstić information content (AvgIpc) is 4.03. The highest BCUT2D eigenvalue weighted by atomic mass is 16.4. The summed E-state index contributed by atoms with van der Waals surface area (Å²) in [5.74, 6) is 11.4. The Labute approximate surface area is 450 Å². The fraction of sp³-hybridized carbons (Fsp3) is 0.983. The van der Waals surface area contributed by atoms with Crippen molar-refractivity contribution in [2.75, 3.05) is 0 Å². The van der Waals surface area contributed by atoms with Gasteiger partial charge in [0.25, 0.3) is 7.28 Å². The highest BCUT2D eigenvalue weighted by Gasteiger charge is 2.63. The molecule has 14 heteroatoms. The zero-order valence-electron chi connectivity index (χ0n) is 47.6. The van der Waals surface area contributed by atoms with Crippen LogP contribution in [0, 0.1) is 104 Å². The largest absolute Gasteiger partial charge is 0.490 e. The highest BCUT2D eigenvalue weighted by Crippen LogP contribution is 2.72. The molecule has 0 spiro atoms. The van der Waals surface area contributed by atoms with Crippen LogP contribution in [-0.4, -0.2) is 50.9 Å². The van der Waals surface area contributed by atoms with E-state index in [1.807, 2.05) is 0 Å². The average molecular weight is 1010 g/mol. The summed E-state index contributed by atoms with van der Waals surface area (Å²) < 4.78 is 0. The predicted octanol–water partition coefficient (Wildman–Crippen LogP) is 18.4. The van der Waals surface area contributed by atoms with Gasteiger partial charge in [0.1, 0.15) is 14.6 Å². The first-order valence-corrected chi connectivity index (χ1v) is 31.2. The lowest BCUT2D eigenvalue weighted by molar-refractivity contribution is -0.105. The second-order valence-electron chi connectivity index (χ2n) is 29.7. The molecule has 0 bridgehead atoms. The van der Waals surface area contributed by atoms with Crippen molar-refractivity contribution < 1.29 is 9.90 Å². The minimum absolute atomic E-state index is 0.186. The SMILES string of the molecule is CC12CCC3C(CCC4CC(N=[N+]=[N-])CCC43C)C1CCC2[B]C(=O)O.C[B]C1CCC2C3CCC4CC(N=[N+]=[N-])CCC4(C)C3CCC12C.C[B]C1CCC2C3CCC4CC(N=[N+]=[N-])CCC4(C)C3CCC12C. The van der Waals surface area contributed by atoms with Gasteiger partial charge in [0.05, 0.1) is 0 Å². The van der Waals surface area contributed by atoms with E-state index in [-0.39, 0.29) is 29.4 Å². The van der Waals surface area contributed by atoms with Gasteiger partial charge in [-0.15, -0.1) is 0 Å². The molecule has 0 amide bonds. The number of carbonyl (C=O) groups is 1. The summed E-state index contributed by atoms with van der Waals surface area (Å²) in [6.45, 7) is 19.9. The molecule has 403 valence electrons. The van der Waals surface area contributed by atoms with Crippen molar-refractivity contribution in [3.63, 3.8) is 0 Å². The molecule has 74 heavy (non-hydrogen) atoms. The maximum Gasteiger partial charge on any atom is 0.264 e. The summed E-state index contributed by atoms with van der Waals surface area (Å²) in [6.07, 6.45) is 34.8. The van der Waals surface area contributed by atoms with E-state index in [0.29, 0.717) is 38.9 Å². The van der Waals surface area contributed by atoms with E-state index in [4.69, 9.17) is 16.6 Å². The Morgan fingerprint density at radius 3 is 0.986 bits per heavy atom. The molecule has 0 aromatic heterocycles. The molecule has 0 aromatic carbocycles. The Morgan fingerprint density at radius 1 is 0.405 bits per heavy atom. The van der Waals surface area contributed by atoms with Crippen LogP contribution < -0.4 is 0 Å². The molecule has 12 rings (SSSR count). The molecular formula is C60H97B3N9O2. The van der Waals surface area contributed by atoms with Crippen LogP contribution in [-0.2, 0) is 0 Å². The van der Waals surface area contributed by atoms with Gasteiger partial charge in [0.15, 0.2) is 0 Å². The summed E-state index contributed by atoms with van der Waals surface area (Å²) in [5.41, 5.74) is 29.2. The summed E-state index contributed by atoms with van der Waals surface area (Å²) in [5, 5.41) is 21.5. The molecule has 12 aliphatic carbocycles. The van der Waals surface area contributed by atoms with Crippen LogP contribution >= 0.6 is 0 Å². The number of fused-ring (bicyclic) bond motifs is 15. The highest BCUT2D eigenvalue weighted by molar-refractivity contribution is 6.72. The third kappa shape index (κ3) is 9.21. The van der Waals surface area contributed by atoms with Gasteiger partial charge < -0.3 is 5.11 Å². The minimum atomic E-state index is -0.744. The monoisotopic (exact) mass is 1010 g/mol. The molecule has 0 saturated heterocycles. The van der Waals surface area contributed by atoms with Crippen LogP contribution in [0.15, 0.2) is 15.3 Å². The standard InChI is InChI=1S/C20H31BN3O2.2C20H33BN3/c1-19-9-7-13(23-24-22)11-12(19)3-4-14-15-5-6-17(21-18(25)26)20(15,2)10-8-16(14)19;2*1-19-10-8-14(23-24-22)12-13(19)4-5-15-16-6-7-18(21-3)20(16,2)11-9-17(15)19/h12-17H,3-11H2,1-2H3,(H,25,26);2*13-18H,4-12H2,1-3H3. The first-order valence-electron chi connectivity index (χ1n) is 31.2. The van der Waals surface area contributed by atoms with Gasteiger partial charge in [-0.1, -0.05) is 127 Å². The van der Waals surface area contributed by atoms with Gasteiger partial charge in [0.2, 0.25) is 5.87 Å². The van der Waals surface area contributed by atoms with Crippen molar-refractivity contribution in [2.45, 2.75) is 264 Å². The van der Waals surface area contributed by atoms with Crippen LogP contribution in [0.2, 0.25) is 31.1 Å². The molecule has 24 atom stereocenters. The Bertz CT molecular complexity index is 2110. The molecule has 1 N–H and O–H groups in total. The Balaban J connectivity index is 0.000000127. The summed E-state index contributed by atoms with van der Waals surface area (Å²) in [7, 11) is 6.62. The van der Waals surface area contributed by atoms with Gasteiger partial charge in [-0.25, -0.2) is 0 Å². The van der Waals surface area contributed by atoms with Gasteiger partial charge in [0, 0.05) is 32.9 Å². The number of azide groups is 3. The zero-order chi connectivity index (χ0) is 52.4. The van der Waals surface area contributed by atoms with Crippen LogP contribution in [0.1, 0.15) is 215 Å². The smallest absolute Gasteiger partial charge is 0.264 e. The molecule has 0 heterocycles. The predicted molar refractivity (Wildman–Crippen MR) is 302 cm³/mol. The molecular weight excluding hydrogens is 911 g/mol. The van der Waals surface area contributed by atoms with Crippen molar-refractivity contribution in [1.29, 1.82) is 0 Å². The number of hydrogen-bond donors (Lipinski definition) is 1. The molecule has 0 aliphatic heterocycles. The van der Waals surface area contributed by atoms with Gasteiger partial charge in [-0.05, 0) is 255 Å². The topological polar surface area (TPSA) is 184 Å². The van der Waals surface area contributed by atoms with Crippen molar-refractivity contribution in [3.05, 3.63) is 31.3 Å². The van der Waals surface area contributed by atoms with Crippen LogP contribution in [0.5, 0.6) is 0 Å². The lowest BCUT2D eigenvalue weighted by atomic mass is 9.42. The van der Waals surface area contributed by atoms with E-state index in [1.165, 1.54) is 128 Å². The third-order valence-corrected chi connectivity index (χ3v) is 27.9. The Kier molecular flexibility index (Phi) is 15.8. The lowest BCUT2D eigenvalue weighted by Gasteiger charge is -2.61. The first kappa shape index (κ1) is 54.9. The van der Waals surface area contributed by atoms with Crippen LogP contribution in [0.3, 0.4) is 0 Å². The summed E-state index contributed by atoms with van der Waals surface area (Å²) in [4.78, 5) is 20.5.